The Balaban J connectivity index is 2.31. The van der Waals surface area contributed by atoms with Crippen molar-refractivity contribution in [1.29, 1.82) is 0 Å². The molecule has 0 aliphatic carbocycles. The molecular formula is C17H28O3S. The Hall–Kier alpha value is -0.870. The van der Waals surface area contributed by atoms with Crippen molar-refractivity contribution >= 4 is 10.1 Å². The fraction of sp³-hybridized carbons (Fsp3) is 0.647. The Morgan fingerprint density at radius 2 is 1.48 bits per heavy atom. The lowest BCUT2D eigenvalue weighted by Crippen LogP contribution is -1.99. The van der Waals surface area contributed by atoms with Gasteiger partial charge in [-0.15, -0.1) is 0 Å². The molecule has 3 nitrogen and oxygen atoms in total. The van der Waals surface area contributed by atoms with Crippen LogP contribution in [0.5, 0.6) is 0 Å². The lowest BCUT2D eigenvalue weighted by molar-refractivity contribution is 0.483. The molecule has 0 amide bonds. The van der Waals surface area contributed by atoms with E-state index >= 15 is 0 Å². The van der Waals surface area contributed by atoms with Crippen LogP contribution in [0.4, 0.5) is 0 Å². The van der Waals surface area contributed by atoms with Gasteiger partial charge in [0.15, 0.2) is 0 Å². The van der Waals surface area contributed by atoms with Gasteiger partial charge in [-0.1, -0.05) is 70.9 Å². The molecule has 0 aliphatic rings. The van der Waals surface area contributed by atoms with Crippen molar-refractivity contribution in [3.8, 4) is 0 Å². The minimum absolute atomic E-state index is 0.0330. The zero-order valence-electron chi connectivity index (χ0n) is 13.2. The average molecular weight is 312 g/mol. The summed E-state index contributed by atoms with van der Waals surface area (Å²) >= 11 is 0. The highest BCUT2D eigenvalue weighted by molar-refractivity contribution is 7.85. The molecule has 0 radical (unpaired) electrons. The van der Waals surface area contributed by atoms with Gasteiger partial charge in [0.2, 0.25) is 0 Å². The van der Waals surface area contributed by atoms with Crippen LogP contribution in [0.1, 0.15) is 76.7 Å². The minimum Gasteiger partial charge on any atom is -0.282 e. The van der Waals surface area contributed by atoms with Crippen molar-refractivity contribution in [2.45, 2.75) is 76.0 Å². The Morgan fingerprint density at radius 3 is 2.00 bits per heavy atom. The molecule has 4 heteroatoms. The zero-order chi connectivity index (χ0) is 15.7. The molecule has 0 heterocycles. The Morgan fingerprint density at radius 1 is 0.952 bits per heavy atom. The summed E-state index contributed by atoms with van der Waals surface area (Å²) in [7, 11) is -4.08. The standard InChI is InChI=1S/C17H28O3S/c1-3-4-5-6-7-8-9-10-15(2)16-11-13-17(14-12-16)21(18,19)20/h11-15H,3-10H2,1-2H3,(H,18,19,20)/t15-/m0/s1. The molecule has 0 bridgehead atoms. The van der Waals surface area contributed by atoms with Gasteiger partial charge in [0.1, 0.15) is 0 Å². The molecule has 0 fully saturated rings. The molecule has 1 rings (SSSR count). The summed E-state index contributed by atoms with van der Waals surface area (Å²) in [6.45, 7) is 4.40. The van der Waals surface area contributed by atoms with Gasteiger partial charge >= 0.3 is 0 Å². The van der Waals surface area contributed by atoms with E-state index in [1.165, 1.54) is 57.1 Å². The lowest BCUT2D eigenvalue weighted by atomic mass is 9.95. The molecule has 0 saturated heterocycles. The van der Waals surface area contributed by atoms with Crippen LogP contribution < -0.4 is 0 Å². The van der Waals surface area contributed by atoms with E-state index in [4.69, 9.17) is 4.55 Å². The van der Waals surface area contributed by atoms with E-state index in [9.17, 15) is 8.42 Å². The van der Waals surface area contributed by atoms with E-state index in [2.05, 4.69) is 13.8 Å². The quantitative estimate of drug-likeness (QED) is 0.478. The van der Waals surface area contributed by atoms with E-state index in [1.54, 1.807) is 12.1 Å². The van der Waals surface area contributed by atoms with E-state index in [1.807, 2.05) is 0 Å². The van der Waals surface area contributed by atoms with Gasteiger partial charge in [-0.3, -0.25) is 4.55 Å². The van der Waals surface area contributed by atoms with Crippen LogP contribution in [0.25, 0.3) is 0 Å². The van der Waals surface area contributed by atoms with Gasteiger partial charge in [-0.25, -0.2) is 0 Å². The first kappa shape index (κ1) is 18.2. The first-order valence-electron chi connectivity index (χ1n) is 8.02. The molecule has 0 spiro atoms. The van der Waals surface area contributed by atoms with Crippen LogP contribution in [0, 0.1) is 0 Å². The number of hydrogen-bond acceptors (Lipinski definition) is 2. The highest BCUT2D eigenvalue weighted by Crippen LogP contribution is 2.23. The summed E-state index contributed by atoms with van der Waals surface area (Å²) in [6, 6.07) is 6.56. The van der Waals surface area contributed by atoms with Gasteiger partial charge < -0.3 is 0 Å². The van der Waals surface area contributed by atoms with Crippen molar-refractivity contribution < 1.29 is 13.0 Å². The van der Waals surface area contributed by atoms with Crippen LogP contribution in [0.3, 0.4) is 0 Å². The second-order valence-corrected chi connectivity index (χ2v) is 7.28. The smallest absolute Gasteiger partial charge is 0.282 e. The summed E-state index contributed by atoms with van der Waals surface area (Å²) < 4.78 is 30.9. The summed E-state index contributed by atoms with van der Waals surface area (Å²) in [4.78, 5) is -0.0330. The molecule has 0 aromatic heterocycles. The summed E-state index contributed by atoms with van der Waals surface area (Å²) in [5.41, 5.74) is 1.13. The van der Waals surface area contributed by atoms with Crippen molar-refractivity contribution in [3.05, 3.63) is 29.8 Å². The molecule has 0 unspecified atom stereocenters. The van der Waals surface area contributed by atoms with Crippen molar-refractivity contribution in [2.75, 3.05) is 0 Å². The molecule has 0 aliphatic heterocycles. The molecule has 1 aromatic carbocycles. The maximum Gasteiger partial charge on any atom is 0.294 e. The lowest BCUT2D eigenvalue weighted by Gasteiger charge is -2.12. The van der Waals surface area contributed by atoms with E-state index in [0.717, 1.165) is 12.0 Å². The third-order valence-corrected chi connectivity index (χ3v) is 4.86. The van der Waals surface area contributed by atoms with Crippen LogP contribution in [0.2, 0.25) is 0 Å². The molecule has 1 aromatic rings. The fourth-order valence-corrected chi connectivity index (χ4v) is 3.02. The number of unbranched alkanes of at least 4 members (excludes halogenated alkanes) is 6. The molecule has 0 saturated carbocycles. The Bertz CT molecular complexity index is 491. The van der Waals surface area contributed by atoms with Crippen LogP contribution in [-0.2, 0) is 10.1 Å². The molecule has 1 N–H and O–H groups in total. The topological polar surface area (TPSA) is 54.4 Å². The average Bonchev–Trinajstić information content (AvgIpc) is 2.45. The molecule has 21 heavy (non-hydrogen) atoms. The van der Waals surface area contributed by atoms with Gasteiger partial charge in [0, 0.05) is 0 Å². The largest absolute Gasteiger partial charge is 0.294 e. The van der Waals surface area contributed by atoms with Gasteiger partial charge in [-0.2, -0.15) is 8.42 Å². The number of rotatable bonds is 10. The predicted octanol–water partition coefficient (Wildman–Crippen LogP) is 5.18. The van der Waals surface area contributed by atoms with Gasteiger partial charge in [0.25, 0.3) is 10.1 Å². The molecular weight excluding hydrogens is 284 g/mol. The Labute approximate surface area is 129 Å². The monoisotopic (exact) mass is 312 g/mol. The second-order valence-electron chi connectivity index (χ2n) is 5.86. The van der Waals surface area contributed by atoms with Crippen LogP contribution >= 0.6 is 0 Å². The maximum atomic E-state index is 11.0. The Kier molecular flexibility index (Phi) is 7.97. The minimum atomic E-state index is -4.08. The zero-order valence-corrected chi connectivity index (χ0v) is 14.0. The third kappa shape index (κ3) is 7.09. The van der Waals surface area contributed by atoms with Crippen LogP contribution in [0.15, 0.2) is 29.2 Å². The third-order valence-electron chi connectivity index (χ3n) is 3.99. The van der Waals surface area contributed by atoms with Gasteiger partial charge in [-0.05, 0) is 30.0 Å². The normalized spacial score (nSPS) is 13.3. The maximum absolute atomic E-state index is 11.0. The van der Waals surface area contributed by atoms with E-state index in [-0.39, 0.29) is 4.90 Å². The predicted molar refractivity (Wildman–Crippen MR) is 87.3 cm³/mol. The number of hydrogen-bond donors (Lipinski definition) is 1. The highest BCUT2D eigenvalue weighted by atomic mass is 32.2. The summed E-state index contributed by atoms with van der Waals surface area (Å²) in [6.07, 6.45) is 10.2. The van der Waals surface area contributed by atoms with Crippen molar-refractivity contribution in [2.24, 2.45) is 0 Å². The van der Waals surface area contributed by atoms with E-state index in [0.29, 0.717) is 5.92 Å². The number of benzene rings is 1. The summed E-state index contributed by atoms with van der Waals surface area (Å²) in [5, 5.41) is 0. The highest BCUT2D eigenvalue weighted by Gasteiger charge is 2.10. The van der Waals surface area contributed by atoms with Crippen LogP contribution in [-0.4, -0.2) is 13.0 Å². The second kappa shape index (κ2) is 9.21. The first-order valence-corrected chi connectivity index (χ1v) is 9.46. The van der Waals surface area contributed by atoms with Crippen molar-refractivity contribution in [1.82, 2.24) is 0 Å². The van der Waals surface area contributed by atoms with Gasteiger partial charge in [0.05, 0.1) is 4.90 Å². The molecule has 120 valence electrons. The first-order chi connectivity index (χ1) is 9.95. The fourth-order valence-electron chi connectivity index (χ4n) is 2.54. The molecule has 1 atom stereocenters. The van der Waals surface area contributed by atoms with Crippen molar-refractivity contribution in [3.63, 3.8) is 0 Å². The SMILES string of the molecule is CCCCCCCCC[C@H](C)c1ccc(S(=O)(=O)O)cc1. The summed E-state index contributed by atoms with van der Waals surface area (Å²) in [5.74, 6) is 0.427. The van der Waals surface area contributed by atoms with E-state index < -0.39 is 10.1 Å².